The average Bonchev–Trinajstić information content (AvgIpc) is 2.23. The van der Waals surface area contributed by atoms with Crippen LogP contribution in [-0.4, -0.2) is 30.8 Å². The first-order valence-corrected chi connectivity index (χ1v) is 6.24. The summed E-state index contributed by atoms with van der Waals surface area (Å²) in [5.74, 6) is 0. The Bertz CT molecular complexity index is 238. The molecule has 3 nitrogen and oxygen atoms in total. The van der Waals surface area contributed by atoms with E-state index in [9.17, 15) is 0 Å². The van der Waals surface area contributed by atoms with E-state index < -0.39 is 0 Å². The molecule has 1 aliphatic heterocycles. The van der Waals surface area contributed by atoms with Crippen LogP contribution in [0.15, 0.2) is 12.2 Å². The molecule has 1 unspecified atom stereocenters. The minimum atomic E-state index is -0.0504. The van der Waals surface area contributed by atoms with Gasteiger partial charge >= 0.3 is 0 Å². The fourth-order valence-corrected chi connectivity index (χ4v) is 2.46. The van der Waals surface area contributed by atoms with Crippen molar-refractivity contribution in [1.82, 2.24) is 5.32 Å². The molecule has 1 aliphatic rings. The molecule has 1 heterocycles. The van der Waals surface area contributed by atoms with Gasteiger partial charge in [0.25, 0.3) is 0 Å². The minimum Gasteiger partial charge on any atom is -0.375 e. The second kappa shape index (κ2) is 5.80. The van der Waals surface area contributed by atoms with Crippen LogP contribution in [0, 0.1) is 0 Å². The van der Waals surface area contributed by atoms with Gasteiger partial charge in [0.1, 0.15) is 0 Å². The van der Waals surface area contributed by atoms with Gasteiger partial charge in [-0.1, -0.05) is 12.2 Å². The standard InChI is InChI=1S/C13H26N2O/c1-4-5-6-8-15-13(11-14)7-9-16-12(2,3)10-13/h4-5,15H,6-11,14H2,1-3H3/b5-4+. The first-order valence-electron chi connectivity index (χ1n) is 6.24. The molecule has 0 bridgehead atoms. The van der Waals surface area contributed by atoms with Crippen molar-refractivity contribution in [2.45, 2.75) is 51.2 Å². The topological polar surface area (TPSA) is 47.3 Å². The molecule has 3 heteroatoms. The quantitative estimate of drug-likeness (QED) is 0.555. The molecule has 16 heavy (non-hydrogen) atoms. The van der Waals surface area contributed by atoms with Crippen LogP contribution in [0.1, 0.15) is 40.0 Å². The summed E-state index contributed by atoms with van der Waals surface area (Å²) >= 11 is 0. The lowest BCUT2D eigenvalue weighted by Gasteiger charge is -2.45. The number of allylic oxidation sites excluding steroid dienone is 1. The Hall–Kier alpha value is -0.380. The van der Waals surface area contributed by atoms with Gasteiger partial charge in [0.15, 0.2) is 0 Å². The number of rotatable bonds is 5. The second-order valence-corrected chi connectivity index (χ2v) is 5.30. The molecule has 0 aromatic carbocycles. The molecule has 0 aromatic heterocycles. The van der Waals surface area contributed by atoms with Crippen molar-refractivity contribution in [3.8, 4) is 0 Å². The van der Waals surface area contributed by atoms with Crippen LogP contribution >= 0.6 is 0 Å². The maximum Gasteiger partial charge on any atom is 0.0644 e. The van der Waals surface area contributed by atoms with Crippen LogP contribution in [0.5, 0.6) is 0 Å². The Morgan fingerprint density at radius 2 is 2.19 bits per heavy atom. The number of nitrogens with two attached hydrogens (primary N) is 1. The van der Waals surface area contributed by atoms with Crippen LogP contribution in [-0.2, 0) is 4.74 Å². The van der Waals surface area contributed by atoms with E-state index in [4.69, 9.17) is 10.5 Å². The Morgan fingerprint density at radius 3 is 2.75 bits per heavy atom. The summed E-state index contributed by atoms with van der Waals surface area (Å²) in [4.78, 5) is 0. The molecular formula is C13H26N2O. The second-order valence-electron chi connectivity index (χ2n) is 5.30. The predicted octanol–water partition coefficient (Wildman–Crippen LogP) is 1.83. The van der Waals surface area contributed by atoms with Crippen LogP contribution < -0.4 is 11.1 Å². The van der Waals surface area contributed by atoms with Crippen LogP contribution in [0.3, 0.4) is 0 Å². The van der Waals surface area contributed by atoms with E-state index in [1.807, 2.05) is 0 Å². The number of hydrogen-bond donors (Lipinski definition) is 2. The van der Waals surface area contributed by atoms with Gasteiger partial charge in [-0.2, -0.15) is 0 Å². The summed E-state index contributed by atoms with van der Waals surface area (Å²) in [6, 6.07) is 0. The zero-order chi connectivity index (χ0) is 12.1. The highest BCUT2D eigenvalue weighted by Gasteiger charge is 2.39. The number of nitrogens with one attached hydrogen (secondary N) is 1. The highest BCUT2D eigenvalue weighted by atomic mass is 16.5. The van der Waals surface area contributed by atoms with Gasteiger partial charge in [-0.15, -0.1) is 0 Å². The van der Waals surface area contributed by atoms with Gasteiger partial charge in [-0.25, -0.2) is 0 Å². The van der Waals surface area contributed by atoms with Gasteiger partial charge in [-0.3, -0.25) is 0 Å². The Balaban J connectivity index is 2.49. The van der Waals surface area contributed by atoms with Crippen molar-refractivity contribution in [3.05, 3.63) is 12.2 Å². The van der Waals surface area contributed by atoms with E-state index in [2.05, 4.69) is 38.2 Å². The van der Waals surface area contributed by atoms with Crippen molar-refractivity contribution in [1.29, 1.82) is 0 Å². The first kappa shape index (κ1) is 13.7. The van der Waals surface area contributed by atoms with E-state index in [0.29, 0.717) is 6.54 Å². The zero-order valence-electron chi connectivity index (χ0n) is 10.9. The molecule has 1 saturated heterocycles. The molecule has 0 aliphatic carbocycles. The molecule has 0 spiro atoms. The molecule has 0 aromatic rings. The van der Waals surface area contributed by atoms with Crippen molar-refractivity contribution in [3.63, 3.8) is 0 Å². The van der Waals surface area contributed by atoms with Crippen LogP contribution in [0.25, 0.3) is 0 Å². The molecule has 0 saturated carbocycles. The van der Waals surface area contributed by atoms with Gasteiger partial charge in [0, 0.05) is 18.7 Å². The Labute approximate surface area is 99.4 Å². The third kappa shape index (κ3) is 3.89. The predicted molar refractivity (Wildman–Crippen MR) is 68.5 cm³/mol. The molecule has 94 valence electrons. The lowest BCUT2D eigenvalue weighted by molar-refractivity contribution is -0.0855. The van der Waals surface area contributed by atoms with Gasteiger partial charge < -0.3 is 15.8 Å². The van der Waals surface area contributed by atoms with Gasteiger partial charge in [-0.05, 0) is 46.6 Å². The summed E-state index contributed by atoms with van der Waals surface area (Å²) in [7, 11) is 0. The molecule has 1 fully saturated rings. The lowest BCUT2D eigenvalue weighted by Crippen LogP contribution is -2.59. The highest BCUT2D eigenvalue weighted by Crippen LogP contribution is 2.31. The van der Waals surface area contributed by atoms with E-state index in [1.165, 1.54) is 0 Å². The van der Waals surface area contributed by atoms with Crippen molar-refractivity contribution >= 4 is 0 Å². The molecule has 0 radical (unpaired) electrons. The largest absolute Gasteiger partial charge is 0.375 e. The van der Waals surface area contributed by atoms with Crippen LogP contribution in [0.2, 0.25) is 0 Å². The zero-order valence-corrected chi connectivity index (χ0v) is 10.9. The molecule has 3 N–H and O–H groups in total. The summed E-state index contributed by atoms with van der Waals surface area (Å²) in [6.07, 6.45) is 7.35. The van der Waals surface area contributed by atoms with Crippen molar-refractivity contribution in [2.75, 3.05) is 19.7 Å². The average molecular weight is 226 g/mol. The summed E-state index contributed by atoms with van der Waals surface area (Å²) in [5, 5.41) is 3.62. The lowest BCUT2D eigenvalue weighted by atomic mass is 9.81. The third-order valence-corrected chi connectivity index (χ3v) is 3.27. The first-order chi connectivity index (χ1) is 7.54. The van der Waals surface area contributed by atoms with E-state index in [0.717, 1.165) is 32.4 Å². The van der Waals surface area contributed by atoms with Gasteiger partial charge in [0.05, 0.1) is 5.60 Å². The van der Waals surface area contributed by atoms with E-state index in [-0.39, 0.29) is 11.1 Å². The fraction of sp³-hybridized carbons (Fsp3) is 0.846. The maximum absolute atomic E-state index is 5.94. The van der Waals surface area contributed by atoms with Crippen LogP contribution in [0.4, 0.5) is 0 Å². The molecule has 1 rings (SSSR count). The van der Waals surface area contributed by atoms with E-state index in [1.54, 1.807) is 0 Å². The Morgan fingerprint density at radius 1 is 1.44 bits per heavy atom. The normalized spacial score (nSPS) is 29.8. The number of hydrogen-bond acceptors (Lipinski definition) is 3. The van der Waals surface area contributed by atoms with Gasteiger partial charge in [0.2, 0.25) is 0 Å². The Kier molecular flexibility index (Phi) is 4.96. The third-order valence-electron chi connectivity index (χ3n) is 3.27. The fourth-order valence-electron chi connectivity index (χ4n) is 2.46. The monoisotopic (exact) mass is 226 g/mol. The summed E-state index contributed by atoms with van der Waals surface area (Å²) in [6.45, 7) is 8.83. The summed E-state index contributed by atoms with van der Waals surface area (Å²) in [5.41, 5.74) is 5.96. The summed E-state index contributed by atoms with van der Waals surface area (Å²) < 4.78 is 5.74. The molecule has 0 amide bonds. The highest BCUT2D eigenvalue weighted by molar-refractivity contribution is 4.98. The maximum atomic E-state index is 5.94. The minimum absolute atomic E-state index is 0.0504. The molecular weight excluding hydrogens is 200 g/mol. The molecule has 1 atom stereocenters. The smallest absolute Gasteiger partial charge is 0.0644 e. The van der Waals surface area contributed by atoms with Crippen molar-refractivity contribution < 1.29 is 4.74 Å². The van der Waals surface area contributed by atoms with E-state index >= 15 is 0 Å². The SMILES string of the molecule is C/C=C/CCNC1(CN)CCOC(C)(C)C1. The number of ether oxygens (including phenoxy) is 1. The van der Waals surface area contributed by atoms with Crippen molar-refractivity contribution in [2.24, 2.45) is 5.73 Å².